The molecule has 0 aliphatic carbocycles. The second kappa shape index (κ2) is 9.38. The van der Waals surface area contributed by atoms with E-state index >= 15 is 0 Å². The van der Waals surface area contributed by atoms with Crippen LogP contribution in [0.1, 0.15) is 24.8 Å². The second-order valence-electron chi connectivity index (χ2n) is 7.44. The van der Waals surface area contributed by atoms with Crippen LogP contribution in [0.5, 0.6) is 0 Å². The van der Waals surface area contributed by atoms with Gasteiger partial charge in [0.15, 0.2) is 0 Å². The molecule has 1 aromatic carbocycles. The van der Waals surface area contributed by atoms with E-state index in [9.17, 15) is 19.7 Å². The van der Waals surface area contributed by atoms with Crippen LogP contribution < -0.4 is 10.6 Å². The van der Waals surface area contributed by atoms with Gasteiger partial charge in [0.25, 0.3) is 5.69 Å². The Morgan fingerprint density at radius 2 is 2.00 bits per heavy atom. The van der Waals surface area contributed by atoms with E-state index in [4.69, 9.17) is 0 Å². The first kappa shape index (κ1) is 20.6. The fraction of sp³-hybridized carbons (Fsp3) is 0.579. The maximum Gasteiger partial charge on any atom is 0.313 e. The van der Waals surface area contributed by atoms with Gasteiger partial charge in [-0.15, -0.1) is 0 Å². The van der Waals surface area contributed by atoms with Gasteiger partial charge in [-0.3, -0.25) is 24.6 Å². The molecular weight excluding hydrogens is 380 g/mol. The highest BCUT2D eigenvalue weighted by Gasteiger charge is 2.28. The lowest BCUT2D eigenvalue weighted by Gasteiger charge is -2.35. The third-order valence-corrected chi connectivity index (χ3v) is 6.57. The predicted octanol–water partition coefficient (Wildman–Crippen LogP) is 2.18. The lowest BCUT2D eigenvalue weighted by Crippen LogP contribution is -2.45. The summed E-state index contributed by atoms with van der Waals surface area (Å²) >= 11 is 2.01. The number of carbonyl (C=O) groups excluding carboxylic acids is 2. The van der Waals surface area contributed by atoms with Crippen molar-refractivity contribution in [2.24, 2.45) is 5.92 Å². The molecule has 8 nitrogen and oxygen atoms in total. The molecule has 2 fully saturated rings. The Balaban J connectivity index is 1.45. The lowest BCUT2D eigenvalue weighted by molar-refractivity contribution is -0.384. The van der Waals surface area contributed by atoms with Gasteiger partial charge in [-0.2, -0.15) is 11.8 Å². The van der Waals surface area contributed by atoms with Gasteiger partial charge in [-0.25, -0.2) is 0 Å². The van der Waals surface area contributed by atoms with E-state index in [1.807, 2.05) is 11.8 Å². The first-order valence-corrected chi connectivity index (χ1v) is 10.8. The smallest absolute Gasteiger partial charge is 0.313 e. The summed E-state index contributed by atoms with van der Waals surface area (Å²) in [6.45, 7) is 4.25. The third-order valence-electron chi connectivity index (χ3n) is 5.43. The highest BCUT2D eigenvalue weighted by molar-refractivity contribution is 7.99. The number of likely N-dealkylation sites (tertiary alicyclic amines) is 1. The van der Waals surface area contributed by atoms with Crippen LogP contribution in [-0.4, -0.2) is 58.8 Å². The van der Waals surface area contributed by atoms with Crippen molar-refractivity contribution >= 4 is 35.0 Å². The highest BCUT2D eigenvalue weighted by atomic mass is 32.2. The van der Waals surface area contributed by atoms with Crippen LogP contribution >= 0.6 is 11.8 Å². The molecule has 1 unspecified atom stereocenters. The largest absolute Gasteiger partial charge is 0.348 e. The summed E-state index contributed by atoms with van der Waals surface area (Å²) in [4.78, 5) is 37.3. The number of carbonyl (C=O) groups is 2. The molecule has 0 spiro atoms. The van der Waals surface area contributed by atoms with Crippen molar-refractivity contribution in [1.82, 2.24) is 10.2 Å². The summed E-state index contributed by atoms with van der Waals surface area (Å²) in [7, 11) is 0. The summed E-state index contributed by atoms with van der Waals surface area (Å²) < 4.78 is 0. The Bertz CT molecular complexity index is 743. The molecule has 2 amide bonds. The summed E-state index contributed by atoms with van der Waals surface area (Å²) in [6.07, 6.45) is 3.27. The molecule has 0 aromatic heterocycles. The van der Waals surface area contributed by atoms with Gasteiger partial charge >= 0.3 is 11.8 Å². The van der Waals surface area contributed by atoms with Gasteiger partial charge in [0.1, 0.15) is 5.69 Å². The molecule has 2 saturated heterocycles. The van der Waals surface area contributed by atoms with Gasteiger partial charge < -0.3 is 10.6 Å². The van der Waals surface area contributed by atoms with Crippen molar-refractivity contribution in [3.63, 3.8) is 0 Å². The van der Waals surface area contributed by atoms with Crippen molar-refractivity contribution in [2.45, 2.75) is 32.2 Å². The van der Waals surface area contributed by atoms with E-state index in [1.165, 1.54) is 30.1 Å². The number of anilines is 1. The van der Waals surface area contributed by atoms with Crippen molar-refractivity contribution in [3.05, 3.63) is 33.9 Å². The van der Waals surface area contributed by atoms with Crippen LogP contribution in [0.2, 0.25) is 0 Å². The van der Waals surface area contributed by atoms with Gasteiger partial charge in [-0.05, 0) is 62.6 Å². The average Bonchev–Trinajstić information content (AvgIpc) is 3.22. The zero-order chi connectivity index (χ0) is 20.1. The molecule has 3 rings (SSSR count). The molecule has 0 radical (unpaired) electrons. The Morgan fingerprint density at radius 1 is 1.25 bits per heavy atom. The molecule has 2 aliphatic heterocycles. The van der Waals surface area contributed by atoms with Crippen LogP contribution in [0.25, 0.3) is 0 Å². The quantitative estimate of drug-likeness (QED) is 0.441. The zero-order valence-corrected chi connectivity index (χ0v) is 16.8. The van der Waals surface area contributed by atoms with E-state index in [-0.39, 0.29) is 11.4 Å². The number of aryl methyl sites for hydroxylation is 1. The fourth-order valence-corrected chi connectivity index (χ4v) is 4.98. The molecular formula is C19H26N4O4S. The van der Waals surface area contributed by atoms with E-state index < -0.39 is 16.7 Å². The van der Waals surface area contributed by atoms with Crippen LogP contribution in [0.15, 0.2) is 18.2 Å². The summed E-state index contributed by atoms with van der Waals surface area (Å²) in [5.74, 6) is 1.18. The Kier molecular flexibility index (Phi) is 6.90. The number of amides is 2. The molecule has 2 aliphatic rings. The zero-order valence-electron chi connectivity index (χ0n) is 16.0. The molecule has 1 aromatic rings. The minimum absolute atomic E-state index is 0.0264. The minimum atomic E-state index is -0.882. The number of nitro benzene ring substituents is 1. The first-order chi connectivity index (χ1) is 13.4. The lowest BCUT2D eigenvalue weighted by atomic mass is 9.95. The number of hydrogen-bond donors (Lipinski definition) is 2. The van der Waals surface area contributed by atoms with Gasteiger partial charge in [0.2, 0.25) is 0 Å². The number of nitrogens with zero attached hydrogens (tertiary/aromatic N) is 2. The van der Waals surface area contributed by atoms with Gasteiger partial charge in [-0.1, -0.05) is 6.07 Å². The van der Waals surface area contributed by atoms with Crippen LogP contribution in [0, 0.1) is 23.0 Å². The number of nitrogens with one attached hydrogen (secondary N) is 2. The molecule has 2 heterocycles. The molecule has 152 valence electrons. The molecule has 0 bridgehead atoms. The van der Waals surface area contributed by atoms with E-state index in [0.29, 0.717) is 24.1 Å². The molecule has 1 atom stereocenters. The highest BCUT2D eigenvalue weighted by Crippen LogP contribution is 2.27. The fourth-order valence-electron chi connectivity index (χ4n) is 3.73. The summed E-state index contributed by atoms with van der Waals surface area (Å²) in [6, 6.07) is 5.15. The van der Waals surface area contributed by atoms with Crippen molar-refractivity contribution in [1.29, 1.82) is 0 Å². The number of nitro groups is 1. The number of rotatable bonds is 5. The van der Waals surface area contributed by atoms with Crippen molar-refractivity contribution in [3.8, 4) is 0 Å². The van der Waals surface area contributed by atoms with Gasteiger partial charge in [0, 0.05) is 24.4 Å². The number of piperidine rings is 1. The molecule has 0 saturated carbocycles. The Morgan fingerprint density at radius 3 is 2.64 bits per heavy atom. The normalized spacial score (nSPS) is 20.7. The van der Waals surface area contributed by atoms with E-state index in [0.717, 1.165) is 25.9 Å². The van der Waals surface area contributed by atoms with Crippen LogP contribution in [0.3, 0.4) is 0 Å². The minimum Gasteiger partial charge on any atom is -0.348 e. The summed E-state index contributed by atoms with van der Waals surface area (Å²) in [5, 5.41) is 16.1. The monoisotopic (exact) mass is 406 g/mol. The van der Waals surface area contributed by atoms with Crippen molar-refractivity contribution in [2.75, 3.05) is 36.5 Å². The topological polar surface area (TPSA) is 105 Å². The number of thioether (sulfide) groups is 1. The van der Waals surface area contributed by atoms with Gasteiger partial charge in [0.05, 0.1) is 4.92 Å². The second-order valence-corrected chi connectivity index (χ2v) is 8.59. The summed E-state index contributed by atoms with van der Waals surface area (Å²) in [5.41, 5.74) is 0.508. The maximum atomic E-state index is 12.1. The molecule has 28 heavy (non-hydrogen) atoms. The SMILES string of the molecule is Cc1ccc(NC(=O)C(=O)NCC2CCN(C3CCSC3)CC2)c([N+](=O)[O-])c1. The average molecular weight is 407 g/mol. The first-order valence-electron chi connectivity index (χ1n) is 9.60. The van der Waals surface area contributed by atoms with E-state index in [1.54, 1.807) is 13.0 Å². The predicted molar refractivity (Wildman–Crippen MR) is 109 cm³/mol. The standard InChI is InChI=1S/C19H26N4O4S/c1-13-2-3-16(17(10-13)23(26)27)21-19(25)18(24)20-11-14-4-7-22(8-5-14)15-6-9-28-12-15/h2-3,10,14-15H,4-9,11-12H2,1H3,(H,20,24)(H,21,25). The van der Waals surface area contributed by atoms with E-state index in [2.05, 4.69) is 15.5 Å². The molecule has 2 N–H and O–H groups in total. The third kappa shape index (κ3) is 5.23. The number of hydrogen-bond acceptors (Lipinski definition) is 6. The number of benzene rings is 1. The Labute approximate surface area is 168 Å². The van der Waals surface area contributed by atoms with Crippen molar-refractivity contribution < 1.29 is 14.5 Å². The molecule has 9 heteroatoms. The van der Waals surface area contributed by atoms with Crippen LogP contribution in [-0.2, 0) is 9.59 Å². The maximum absolute atomic E-state index is 12.1. The Hall–Kier alpha value is -2.13. The van der Waals surface area contributed by atoms with Crippen LogP contribution in [0.4, 0.5) is 11.4 Å².